The van der Waals surface area contributed by atoms with Crippen molar-refractivity contribution in [3.05, 3.63) is 48.5 Å². The molecule has 2 aromatic rings. The largest absolute Gasteiger partial charge is 0.294 e. The lowest BCUT2D eigenvalue weighted by Crippen LogP contribution is -1.97. The van der Waals surface area contributed by atoms with E-state index < -0.39 is 10.1 Å². The number of hydrogen-bond acceptors (Lipinski definition) is 6. The molecule has 0 bridgehead atoms. The zero-order chi connectivity index (χ0) is 14.6. The first-order chi connectivity index (χ1) is 9.50. The fraction of sp³-hybridized carbons (Fsp3) is 0. The molecule has 106 valence electrons. The van der Waals surface area contributed by atoms with Gasteiger partial charge in [0.25, 0.3) is 10.1 Å². The Morgan fingerprint density at radius 2 is 1.40 bits per heavy atom. The van der Waals surface area contributed by atoms with Crippen molar-refractivity contribution in [3.8, 4) is 11.1 Å². The summed E-state index contributed by atoms with van der Waals surface area (Å²) in [4.78, 5) is 0.569. The van der Waals surface area contributed by atoms with Crippen LogP contribution >= 0.6 is 12.0 Å². The third kappa shape index (κ3) is 3.79. The second kappa shape index (κ2) is 6.35. The molecule has 2 N–H and O–H groups in total. The second-order valence-electron chi connectivity index (χ2n) is 3.75. The second-order valence-corrected chi connectivity index (χ2v) is 5.95. The average Bonchev–Trinajstić information content (AvgIpc) is 2.45. The number of rotatable bonds is 5. The molecule has 8 heteroatoms. The fourth-order valence-electron chi connectivity index (χ4n) is 1.58. The van der Waals surface area contributed by atoms with Crippen LogP contribution in [0.5, 0.6) is 0 Å². The van der Waals surface area contributed by atoms with Crippen LogP contribution in [0.1, 0.15) is 0 Å². The highest BCUT2D eigenvalue weighted by molar-refractivity contribution is 7.94. The summed E-state index contributed by atoms with van der Waals surface area (Å²) in [5, 5.41) is 11.5. The molecular weight excluding hydrogens is 304 g/mol. The van der Waals surface area contributed by atoms with Crippen LogP contribution in [-0.2, 0) is 19.5 Å². The summed E-state index contributed by atoms with van der Waals surface area (Å²) in [5.74, 6) is 0. The van der Waals surface area contributed by atoms with Gasteiger partial charge in [-0.05, 0) is 35.4 Å². The van der Waals surface area contributed by atoms with Gasteiger partial charge in [0.2, 0.25) is 0 Å². The zero-order valence-electron chi connectivity index (χ0n) is 9.96. The van der Waals surface area contributed by atoms with E-state index in [1.807, 2.05) is 0 Å². The summed E-state index contributed by atoms with van der Waals surface area (Å²) < 4.78 is 35.1. The standard InChI is InChI=1S/C12H10O6S2/c13-17-18-19-11-5-1-9(2-6-11)10-3-7-12(8-4-10)20(14,15)16/h1-8,13H,(H,14,15,16). The molecule has 0 amide bonds. The van der Waals surface area contributed by atoms with Crippen LogP contribution in [-0.4, -0.2) is 18.2 Å². The molecule has 0 spiro atoms. The molecule has 20 heavy (non-hydrogen) atoms. The van der Waals surface area contributed by atoms with E-state index in [-0.39, 0.29) is 4.90 Å². The summed E-state index contributed by atoms with van der Waals surface area (Å²) in [7, 11) is -4.18. The maximum Gasteiger partial charge on any atom is 0.294 e. The van der Waals surface area contributed by atoms with Crippen molar-refractivity contribution in [3.63, 3.8) is 0 Å². The topological polar surface area (TPSA) is 93.1 Å². The molecule has 0 unspecified atom stereocenters. The predicted octanol–water partition coefficient (Wildman–Crippen LogP) is 3.03. The van der Waals surface area contributed by atoms with E-state index in [4.69, 9.17) is 9.81 Å². The fourth-order valence-corrected chi connectivity index (χ4v) is 2.41. The zero-order valence-corrected chi connectivity index (χ0v) is 11.6. The van der Waals surface area contributed by atoms with Gasteiger partial charge < -0.3 is 0 Å². The predicted molar refractivity (Wildman–Crippen MR) is 72.3 cm³/mol. The summed E-state index contributed by atoms with van der Waals surface area (Å²) in [6.45, 7) is 0. The SMILES string of the molecule is O=S(=O)(O)c1ccc(-c2ccc(SOOO)cc2)cc1. The van der Waals surface area contributed by atoms with Crippen LogP contribution < -0.4 is 0 Å². The van der Waals surface area contributed by atoms with Gasteiger partial charge in [-0.2, -0.15) is 8.42 Å². The lowest BCUT2D eigenvalue weighted by molar-refractivity contribution is -0.432. The Hall–Kier alpha value is -1.42. The smallest absolute Gasteiger partial charge is 0.282 e. The third-order valence-corrected chi connectivity index (χ3v) is 3.96. The lowest BCUT2D eigenvalue weighted by Gasteiger charge is -2.04. The van der Waals surface area contributed by atoms with Crippen molar-refractivity contribution in [1.82, 2.24) is 0 Å². The van der Waals surface area contributed by atoms with E-state index in [2.05, 4.69) is 9.37 Å². The molecule has 0 radical (unpaired) electrons. The minimum Gasteiger partial charge on any atom is -0.282 e. The third-order valence-electron chi connectivity index (χ3n) is 2.50. The Morgan fingerprint density at radius 3 is 1.85 bits per heavy atom. The van der Waals surface area contributed by atoms with Gasteiger partial charge in [0.1, 0.15) is 0 Å². The van der Waals surface area contributed by atoms with Gasteiger partial charge in [0, 0.05) is 4.90 Å². The molecule has 2 rings (SSSR count). The van der Waals surface area contributed by atoms with Crippen molar-refractivity contribution in [1.29, 1.82) is 0 Å². The van der Waals surface area contributed by atoms with Crippen molar-refractivity contribution in [2.75, 3.05) is 0 Å². The van der Waals surface area contributed by atoms with Crippen LogP contribution in [0.4, 0.5) is 0 Å². The number of hydrogen-bond donors (Lipinski definition) is 2. The highest BCUT2D eigenvalue weighted by atomic mass is 32.2. The van der Waals surface area contributed by atoms with Crippen LogP contribution in [0.3, 0.4) is 0 Å². The molecule has 0 aromatic heterocycles. The van der Waals surface area contributed by atoms with Gasteiger partial charge >= 0.3 is 0 Å². The molecular formula is C12H10O6S2. The molecule has 0 fully saturated rings. The van der Waals surface area contributed by atoms with E-state index in [1.165, 1.54) is 12.1 Å². The van der Waals surface area contributed by atoms with Gasteiger partial charge in [0.15, 0.2) is 0 Å². The molecule has 0 atom stereocenters. The summed E-state index contributed by atoms with van der Waals surface area (Å²) >= 11 is 0.846. The molecule has 6 nitrogen and oxygen atoms in total. The van der Waals surface area contributed by atoms with Gasteiger partial charge in [0.05, 0.1) is 16.9 Å². The lowest BCUT2D eigenvalue weighted by atomic mass is 10.1. The van der Waals surface area contributed by atoms with E-state index in [9.17, 15) is 8.42 Å². The molecule has 0 saturated carbocycles. The van der Waals surface area contributed by atoms with Gasteiger partial charge in [-0.1, -0.05) is 29.3 Å². The minimum absolute atomic E-state index is 0.151. The van der Waals surface area contributed by atoms with Crippen molar-refractivity contribution in [2.24, 2.45) is 0 Å². The Balaban J connectivity index is 2.19. The first-order valence-corrected chi connectivity index (χ1v) is 7.51. The summed E-state index contributed by atoms with van der Waals surface area (Å²) in [5.41, 5.74) is 1.66. The highest BCUT2D eigenvalue weighted by Gasteiger charge is 2.09. The summed E-state index contributed by atoms with van der Waals surface area (Å²) in [6, 6.07) is 12.9. The molecule has 0 aliphatic rings. The monoisotopic (exact) mass is 314 g/mol. The van der Waals surface area contributed by atoms with E-state index in [1.54, 1.807) is 36.4 Å². The Labute approximate surface area is 119 Å². The highest BCUT2D eigenvalue weighted by Crippen LogP contribution is 2.25. The summed E-state index contributed by atoms with van der Waals surface area (Å²) in [6.07, 6.45) is 0. The molecule has 0 heterocycles. The molecule has 0 saturated heterocycles. The van der Waals surface area contributed by atoms with Gasteiger partial charge in [-0.25, -0.2) is 5.26 Å². The van der Waals surface area contributed by atoms with Crippen LogP contribution in [0.15, 0.2) is 58.3 Å². The van der Waals surface area contributed by atoms with Crippen molar-refractivity contribution >= 4 is 22.2 Å². The molecule has 0 aliphatic heterocycles. The first-order valence-electron chi connectivity index (χ1n) is 5.33. The maximum atomic E-state index is 10.9. The van der Waals surface area contributed by atoms with E-state index in [0.717, 1.165) is 28.1 Å². The maximum absolute atomic E-state index is 10.9. The minimum atomic E-state index is -4.18. The van der Waals surface area contributed by atoms with Crippen molar-refractivity contribution in [2.45, 2.75) is 9.79 Å². The number of benzene rings is 2. The van der Waals surface area contributed by atoms with Gasteiger partial charge in [-0.15, -0.1) is 4.33 Å². The molecule has 0 aliphatic carbocycles. The normalized spacial score (nSPS) is 11.5. The van der Waals surface area contributed by atoms with Crippen LogP contribution in [0.25, 0.3) is 11.1 Å². The van der Waals surface area contributed by atoms with Crippen LogP contribution in [0.2, 0.25) is 0 Å². The Morgan fingerprint density at radius 1 is 0.900 bits per heavy atom. The quantitative estimate of drug-likeness (QED) is 0.379. The van der Waals surface area contributed by atoms with Crippen molar-refractivity contribution < 1.29 is 27.6 Å². The van der Waals surface area contributed by atoms with E-state index >= 15 is 0 Å². The van der Waals surface area contributed by atoms with E-state index in [0.29, 0.717) is 0 Å². The Bertz CT molecular complexity index is 664. The van der Waals surface area contributed by atoms with Gasteiger partial charge in [-0.3, -0.25) is 4.55 Å². The molecule has 2 aromatic carbocycles. The Kier molecular flexibility index (Phi) is 4.76. The first kappa shape index (κ1) is 15.0. The van der Waals surface area contributed by atoms with Crippen LogP contribution in [0, 0.1) is 0 Å². The average molecular weight is 314 g/mol.